The maximum atomic E-state index is 5.58. The van der Waals surface area contributed by atoms with E-state index in [0.717, 1.165) is 23.7 Å². The lowest BCUT2D eigenvalue weighted by atomic mass is 10.3. The quantitative estimate of drug-likeness (QED) is 0.846. The Kier molecular flexibility index (Phi) is 2.76. The van der Waals surface area contributed by atoms with Gasteiger partial charge in [-0.15, -0.1) is 5.10 Å². The third-order valence-electron chi connectivity index (χ3n) is 2.32. The number of aromatic nitrogens is 3. The van der Waals surface area contributed by atoms with Gasteiger partial charge < -0.3 is 10.5 Å². The van der Waals surface area contributed by atoms with E-state index in [2.05, 4.69) is 10.1 Å². The molecule has 5 nitrogen and oxygen atoms in total. The number of methoxy groups -OCH3 is 1. The minimum absolute atomic E-state index is 0.299. The number of hydrogen-bond donors (Lipinski definition) is 1. The van der Waals surface area contributed by atoms with Crippen molar-refractivity contribution < 1.29 is 4.74 Å². The summed E-state index contributed by atoms with van der Waals surface area (Å²) in [5.74, 6) is 1.96. The summed E-state index contributed by atoms with van der Waals surface area (Å²) in [7, 11) is 1.64. The fraction of sp³-hybridized carbons (Fsp3) is 0.273. The predicted molar refractivity (Wildman–Crippen MR) is 61.7 cm³/mol. The maximum Gasteiger partial charge on any atom is 0.240 e. The van der Waals surface area contributed by atoms with Crippen molar-refractivity contribution in [3.8, 4) is 11.4 Å². The van der Waals surface area contributed by atoms with Crippen molar-refractivity contribution in [3.63, 3.8) is 0 Å². The van der Waals surface area contributed by atoms with Gasteiger partial charge in [0, 0.05) is 6.42 Å². The summed E-state index contributed by atoms with van der Waals surface area (Å²) in [5.41, 5.74) is 6.51. The first kappa shape index (κ1) is 10.5. The van der Waals surface area contributed by atoms with E-state index in [9.17, 15) is 0 Å². The van der Waals surface area contributed by atoms with Gasteiger partial charge in [0.25, 0.3) is 0 Å². The second-order valence-corrected chi connectivity index (χ2v) is 3.35. The first-order chi connectivity index (χ1) is 7.74. The molecule has 16 heavy (non-hydrogen) atoms. The SMILES string of the molecule is CCc1nc(N)nn1-c1ccc(OC)cc1. The van der Waals surface area contributed by atoms with Gasteiger partial charge in [0.15, 0.2) is 0 Å². The monoisotopic (exact) mass is 218 g/mol. The minimum atomic E-state index is 0.299. The molecule has 2 rings (SSSR count). The van der Waals surface area contributed by atoms with Gasteiger partial charge in [0.05, 0.1) is 12.8 Å². The predicted octanol–water partition coefficient (Wildman–Crippen LogP) is 1.42. The molecule has 0 aliphatic rings. The molecule has 5 heteroatoms. The Morgan fingerprint density at radius 2 is 2.00 bits per heavy atom. The number of hydrogen-bond acceptors (Lipinski definition) is 4. The van der Waals surface area contributed by atoms with E-state index in [1.165, 1.54) is 0 Å². The van der Waals surface area contributed by atoms with Gasteiger partial charge >= 0.3 is 0 Å². The molecule has 0 fully saturated rings. The molecular weight excluding hydrogens is 204 g/mol. The molecule has 0 unspecified atom stereocenters. The third-order valence-corrected chi connectivity index (χ3v) is 2.32. The van der Waals surface area contributed by atoms with Gasteiger partial charge in [-0.25, -0.2) is 4.68 Å². The van der Waals surface area contributed by atoms with Gasteiger partial charge in [0.2, 0.25) is 5.95 Å². The summed E-state index contributed by atoms with van der Waals surface area (Å²) in [6.45, 7) is 2.02. The van der Waals surface area contributed by atoms with Gasteiger partial charge in [-0.3, -0.25) is 0 Å². The second kappa shape index (κ2) is 4.22. The molecule has 0 radical (unpaired) electrons. The van der Waals surface area contributed by atoms with Crippen molar-refractivity contribution in [1.29, 1.82) is 0 Å². The van der Waals surface area contributed by atoms with Gasteiger partial charge in [0.1, 0.15) is 11.6 Å². The Balaban J connectivity index is 2.41. The van der Waals surface area contributed by atoms with Crippen LogP contribution < -0.4 is 10.5 Å². The van der Waals surface area contributed by atoms with Crippen LogP contribution in [0.2, 0.25) is 0 Å². The number of rotatable bonds is 3. The van der Waals surface area contributed by atoms with Crippen LogP contribution in [0.4, 0.5) is 5.95 Å². The molecule has 2 aromatic rings. The van der Waals surface area contributed by atoms with Crippen LogP contribution in [0.25, 0.3) is 5.69 Å². The Morgan fingerprint density at radius 1 is 1.31 bits per heavy atom. The Bertz CT molecular complexity index is 475. The van der Waals surface area contributed by atoms with Crippen LogP contribution in [-0.2, 0) is 6.42 Å². The number of anilines is 1. The van der Waals surface area contributed by atoms with Crippen molar-refractivity contribution in [3.05, 3.63) is 30.1 Å². The number of benzene rings is 1. The molecule has 0 amide bonds. The van der Waals surface area contributed by atoms with Crippen molar-refractivity contribution in [2.75, 3.05) is 12.8 Å². The van der Waals surface area contributed by atoms with E-state index in [-0.39, 0.29) is 0 Å². The fourth-order valence-corrected chi connectivity index (χ4v) is 1.52. The number of nitrogens with two attached hydrogens (primary N) is 1. The van der Waals surface area contributed by atoms with E-state index in [4.69, 9.17) is 10.5 Å². The lowest BCUT2D eigenvalue weighted by molar-refractivity contribution is 0.414. The van der Waals surface area contributed by atoms with E-state index in [1.54, 1.807) is 11.8 Å². The lowest BCUT2D eigenvalue weighted by Crippen LogP contribution is -2.02. The van der Waals surface area contributed by atoms with Crippen molar-refractivity contribution in [2.24, 2.45) is 0 Å². The van der Waals surface area contributed by atoms with E-state index in [1.807, 2.05) is 31.2 Å². The normalized spacial score (nSPS) is 10.4. The maximum absolute atomic E-state index is 5.58. The molecule has 1 heterocycles. The first-order valence-corrected chi connectivity index (χ1v) is 5.10. The van der Waals surface area contributed by atoms with Crippen LogP contribution >= 0.6 is 0 Å². The first-order valence-electron chi connectivity index (χ1n) is 5.10. The highest BCUT2D eigenvalue weighted by atomic mass is 16.5. The van der Waals surface area contributed by atoms with Gasteiger partial charge in [-0.1, -0.05) is 6.92 Å². The number of aryl methyl sites for hydroxylation is 1. The highest BCUT2D eigenvalue weighted by molar-refractivity contribution is 5.38. The molecule has 0 saturated heterocycles. The molecule has 0 bridgehead atoms. The summed E-state index contributed by atoms with van der Waals surface area (Å²) in [5, 5.41) is 4.15. The van der Waals surface area contributed by atoms with Gasteiger partial charge in [-0.05, 0) is 24.3 Å². The molecule has 0 atom stereocenters. The zero-order chi connectivity index (χ0) is 11.5. The smallest absolute Gasteiger partial charge is 0.240 e. The zero-order valence-corrected chi connectivity index (χ0v) is 9.34. The lowest BCUT2D eigenvalue weighted by Gasteiger charge is -2.05. The van der Waals surface area contributed by atoms with Crippen LogP contribution in [0.15, 0.2) is 24.3 Å². The topological polar surface area (TPSA) is 66.0 Å². The average Bonchev–Trinajstić information content (AvgIpc) is 2.70. The molecule has 0 aliphatic carbocycles. The van der Waals surface area contributed by atoms with Crippen molar-refractivity contribution in [2.45, 2.75) is 13.3 Å². The fourth-order valence-electron chi connectivity index (χ4n) is 1.52. The molecule has 0 saturated carbocycles. The second-order valence-electron chi connectivity index (χ2n) is 3.35. The highest BCUT2D eigenvalue weighted by Gasteiger charge is 2.07. The number of ether oxygens (including phenoxy) is 1. The summed E-state index contributed by atoms with van der Waals surface area (Å²) < 4.78 is 6.84. The molecule has 0 aliphatic heterocycles. The molecule has 1 aromatic heterocycles. The largest absolute Gasteiger partial charge is 0.497 e. The van der Waals surface area contributed by atoms with Crippen LogP contribution in [0.1, 0.15) is 12.7 Å². The van der Waals surface area contributed by atoms with Crippen molar-refractivity contribution >= 4 is 5.95 Å². The van der Waals surface area contributed by atoms with Crippen LogP contribution in [-0.4, -0.2) is 21.9 Å². The van der Waals surface area contributed by atoms with Gasteiger partial charge in [-0.2, -0.15) is 4.98 Å². The molecule has 0 spiro atoms. The summed E-state index contributed by atoms with van der Waals surface area (Å²) in [4.78, 5) is 4.15. The third kappa shape index (κ3) is 1.84. The zero-order valence-electron chi connectivity index (χ0n) is 9.34. The molecule has 2 N–H and O–H groups in total. The van der Waals surface area contributed by atoms with Crippen LogP contribution in [0.3, 0.4) is 0 Å². The standard InChI is InChI=1S/C11H14N4O/c1-3-10-13-11(12)14-15(10)8-4-6-9(16-2)7-5-8/h4-7H,3H2,1-2H3,(H2,12,14). The van der Waals surface area contributed by atoms with E-state index >= 15 is 0 Å². The molecule has 84 valence electrons. The van der Waals surface area contributed by atoms with E-state index < -0.39 is 0 Å². The molecular formula is C11H14N4O. The summed E-state index contributed by atoms with van der Waals surface area (Å²) >= 11 is 0. The van der Waals surface area contributed by atoms with Crippen molar-refractivity contribution in [1.82, 2.24) is 14.8 Å². The number of nitrogens with zero attached hydrogens (tertiary/aromatic N) is 3. The van der Waals surface area contributed by atoms with Crippen LogP contribution in [0.5, 0.6) is 5.75 Å². The highest BCUT2D eigenvalue weighted by Crippen LogP contribution is 2.16. The summed E-state index contributed by atoms with van der Waals surface area (Å²) in [6, 6.07) is 7.61. The average molecular weight is 218 g/mol. The Hall–Kier alpha value is -2.04. The minimum Gasteiger partial charge on any atom is -0.497 e. The summed E-state index contributed by atoms with van der Waals surface area (Å²) in [6.07, 6.45) is 0.788. The molecule has 1 aromatic carbocycles. The van der Waals surface area contributed by atoms with E-state index in [0.29, 0.717) is 5.95 Å². The Morgan fingerprint density at radius 3 is 2.56 bits per heavy atom. The Labute approximate surface area is 93.9 Å². The number of nitrogen functional groups attached to an aromatic ring is 1. The van der Waals surface area contributed by atoms with Crippen LogP contribution in [0, 0.1) is 0 Å².